The van der Waals surface area contributed by atoms with Crippen LogP contribution in [-0.2, 0) is 0 Å². The second-order valence-corrected chi connectivity index (χ2v) is 2.19. The van der Waals surface area contributed by atoms with Crippen LogP contribution in [0, 0.1) is 11.9 Å². The Labute approximate surface area is 60.0 Å². The zero-order valence-corrected chi connectivity index (χ0v) is 5.82. The van der Waals surface area contributed by atoms with E-state index in [1.165, 1.54) is 6.07 Å². The van der Waals surface area contributed by atoms with Gasteiger partial charge in [-0.15, -0.1) is 0 Å². The molecule has 0 aromatic heterocycles. The Hall–Kier alpha value is -1.11. The van der Waals surface area contributed by atoms with E-state index in [0.717, 1.165) is 5.57 Å². The number of hydrogen-bond donors (Lipinski definition) is 0. The van der Waals surface area contributed by atoms with E-state index in [1.807, 2.05) is 0 Å². The van der Waals surface area contributed by atoms with E-state index < -0.39 is 0 Å². The Balaban J connectivity index is 3.15. The molecule has 0 N–H and O–H groups in total. The van der Waals surface area contributed by atoms with Gasteiger partial charge in [0, 0.05) is 5.56 Å². The molecule has 0 spiro atoms. The number of benzene rings is 1. The zero-order chi connectivity index (χ0) is 7.56. The molecule has 0 aliphatic heterocycles. The lowest BCUT2D eigenvalue weighted by molar-refractivity contribution is 0.624. The first kappa shape index (κ1) is 7.00. The van der Waals surface area contributed by atoms with Crippen molar-refractivity contribution in [1.82, 2.24) is 0 Å². The number of halogens is 1. The van der Waals surface area contributed by atoms with Gasteiger partial charge in [-0.05, 0) is 30.7 Å². The average molecular weight is 135 g/mol. The van der Waals surface area contributed by atoms with Crippen molar-refractivity contribution in [3.8, 4) is 0 Å². The van der Waals surface area contributed by atoms with Crippen LogP contribution in [0.15, 0.2) is 24.8 Å². The molecule has 0 atom stereocenters. The Morgan fingerprint density at radius 1 is 1.70 bits per heavy atom. The fourth-order valence-electron chi connectivity index (χ4n) is 0.738. The standard InChI is InChI=1S/C9H8F/c1-7(2)8-5-3-4-6-9(8)10/h4-6H,1H2,2H3. The van der Waals surface area contributed by atoms with Gasteiger partial charge in [0.15, 0.2) is 0 Å². The predicted octanol–water partition coefficient (Wildman–Crippen LogP) is 2.66. The summed E-state index contributed by atoms with van der Waals surface area (Å²) < 4.78 is 12.8. The summed E-state index contributed by atoms with van der Waals surface area (Å²) in [6.45, 7) is 5.40. The maximum Gasteiger partial charge on any atom is 0.130 e. The lowest BCUT2D eigenvalue weighted by Gasteiger charge is -1.98. The minimum absolute atomic E-state index is 0.230. The fourth-order valence-corrected chi connectivity index (χ4v) is 0.738. The minimum atomic E-state index is -0.230. The van der Waals surface area contributed by atoms with Gasteiger partial charge in [0.25, 0.3) is 0 Å². The summed E-state index contributed by atoms with van der Waals surface area (Å²) >= 11 is 0. The maximum absolute atomic E-state index is 12.8. The van der Waals surface area contributed by atoms with Gasteiger partial charge in [-0.1, -0.05) is 12.6 Å². The van der Waals surface area contributed by atoms with Crippen molar-refractivity contribution in [2.75, 3.05) is 0 Å². The van der Waals surface area contributed by atoms with Gasteiger partial charge < -0.3 is 0 Å². The van der Waals surface area contributed by atoms with Gasteiger partial charge in [-0.25, -0.2) is 4.39 Å². The summed E-state index contributed by atoms with van der Waals surface area (Å²) in [6.07, 6.45) is 0. The van der Waals surface area contributed by atoms with Crippen molar-refractivity contribution in [2.24, 2.45) is 0 Å². The second-order valence-electron chi connectivity index (χ2n) is 2.19. The van der Waals surface area contributed by atoms with Gasteiger partial charge in [-0.2, -0.15) is 0 Å². The minimum Gasteiger partial charge on any atom is -0.206 e. The number of hydrogen-bond acceptors (Lipinski definition) is 0. The van der Waals surface area contributed by atoms with Gasteiger partial charge >= 0.3 is 0 Å². The van der Waals surface area contributed by atoms with E-state index >= 15 is 0 Å². The topological polar surface area (TPSA) is 0 Å². The molecule has 0 aliphatic rings. The van der Waals surface area contributed by atoms with E-state index in [9.17, 15) is 4.39 Å². The molecule has 1 rings (SSSR count). The highest BCUT2D eigenvalue weighted by molar-refractivity contribution is 5.61. The van der Waals surface area contributed by atoms with Crippen LogP contribution in [0.25, 0.3) is 5.57 Å². The van der Waals surface area contributed by atoms with Crippen molar-refractivity contribution in [3.05, 3.63) is 42.2 Å². The van der Waals surface area contributed by atoms with Gasteiger partial charge in [0.1, 0.15) is 5.82 Å². The van der Waals surface area contributed by atoms with Gasteiger partial charge in [-0.3, -0.25) is 0 Å². The summed E-state index contributed by atoms with van der Waals surface area (Å²) in [5.74, 6) is -0.230. The molecule has 0 amide bonds. The summed E-state index contributed by atoms with van der Waals surface area (Å²) in [4.78, 5) is 0. The van der Waals surface area contributed by atoms with Crippen molar-refractivity contribution >= 4 is 5.57 Å². The lowest BCUT2D eigenvalue weighted by Crippen LogP contribution is -1.83. The summed E-state index contributed by atoms with van der Waals surface area (Å²) in [6, 6.07) is 7.30. The molecule has 51 valence electrons. The van der Waals surface area contributed by atoms with E-state index in [-0.39, 0.29) is 5.82 Å². The van der Waals surface area contributed by atoms with Crippen LogP contribution < -0.4 is 0 Å². The highest BCUT2D eigenvalue weighted by Gasteiger charge is 1.98. The predicted molar refractivity (Wildman–Crippen MR) is 39.9 cm³/mol. The molecule has 0 nitrogen and oxygen atoms in total. The molecule has 1 radical (unpaired) electrons. The quantitative estimate of drug-likeness (QED) is 0.555. The van der Waals surface area contributed by atoms with E-state index in [0.29, 0.717) is 5.56 Å². The molecule has 1 heteroatoms. The van der Waals surface area contributed by atoms with Crippen LogP contribution >= 0.6 is 0 Å². The number of rotatable bonds is 1. The molecule has 1 aromatic carbocycles. The van der Waals surface area contributed by atoms with Gasteiger partial charge in [0.05, 0.1) is 0 Å². The molecule has 0 aliphatic carbocycles. The van der Waals surface area contributed by atoms with Crippen LogP contribution in [-0.4, -0.2) is 0 Å². The summed E-state index contributed by atoms with van der Waals surface area (Å²) in [5.41, 5.74) is 1.27. The average Bonchev–Trinajstić information content (AvgIpc) is 1.88. The molecule has 0 saturated heterocycles. The molecular formula is C9H8F. The fraction of sp³-hybridized carbons (Fsp3) is 0.111. The summed E-state index contributed by atoms with van der Waals surface area (Å²) in [5, 5.41) is 0. The third kappa shape index (κ3) is 1.24. The van der Waals surface area contributed by atoms with Crippen molar-refractivity contribution in [2.45, 2.75) is 6.92 Å². The molecular weight excluding hydrogens is 127 g/mol. The van der Waals surface area contributed by atoms with E-state index in [2.05, 4.69) is 12.6 Å². The molecule has 0 bridgehead atoms. The normalized spacial score (nSPS) is 9.40. The highest BCUT2D eigenvalue weighted by atomic mass is 19.1. The maximum atomic E-state index is 12.8. The molecule has 0 saturated carbocycles. The zero-order valence-electron chi connectivity index (χ0n) is 5.82. The molecule has 0 unspecified atom stereocenters. The first-order valence-corrected chi connectivity index (χ1v) is 3.03. The second kappa shape index (κ2) is 2.65. The molecule has 0 fully saturated rings. The largest absolute Gasteiger partial charge is 0.206 e. The first-order chi connectivity index (χ1) is 4.72. The van der Waals surface area contributed by atoms with Crippen LogP contribution in [0.5, 0.6) is 0 Å². The molecule has 0 heterocycles. The number of allylic oxidation sites excluding steroid dienone is 1. The van der Waals surface area contributed by atoms with Crippen molar-refractivity contribution < 1.29 is 4.39 Å². The first-order valence-electron chi connectivity index (χ1n) is 3.03. The Kier molecular flexibility index (Phi) is 1.86. The smallest absolute Gasteiger partial charge is 0.130 e. The SMILES string of the molecule is C=C(C)c1c[c]ccc1F. The highest BCUT2D eigenvalue weighted by Crippen LogP contribution is 2.13. The Morgan fingerprint density at radius 3 is 2.80 bits per heavy atom. The van der Waals surface area contributed by atoms with Crippen LogP contribution in [0.4, 0.5) is 4.39 Å². The van der Waals surface area contributed by atoms with Crippen molar-refractivity contribution in [3.63, 3.8) is 0 Å². The Bertz CT molecular complexity index is 251. The third-order valence-corrected chi connectivity index (χ3v) is 1.27. The molecule has 10 heavy (non-hydrogen) atoms. The van der Waals surface area contributed by atoms with E-state index in [4.69, 9.17) is 0 Å². The molecule has 1 aromatic rings. The third-order valence-electron chi connectivity index (χ3n) is 1.27. The lowest BCUT2D eigenvalue weighted by atomic mass is 10.1. The van der Waals surface area contributed by atoms with E-state index in [1.54, 1.807) is 19.1 Å². The van der Waals surface area contributed by atoms with Crippen LogP contribution in [0.1, 0.15) is 12.5 Å². The van der Waals surface area contributed by atoms with Crippen LogP contribution in [0.2, 0.25) is 0 Å². The summed E-state index contributed by atoms with van der Waals surface area (Å²) in [7, 11) is 0. The van der Waals surface area contributed by atoms with Crippen LogP contribution in [0.3, 0.4) is 0 Å². The van der Waals surface area contributed by atoms with Gasteiger partial charge in [0.2, 0.25) is 0 Å². The Morgan fingerprint density at radius 2 is 2.40 bits per heavy atom. The van der Waals surface area contributed by atoms with Crippen molar-refractivity contribution in [1.29, 1.82) is 0 Å². The monoisotopic (exact) mass is 135 g/mol.